The van der Waals surface area contributed by atoms with Crippen LogP contribution in [0.2, 0.25) is 0 Å². The summed E-state index contributed by atoms with van der Waals surface area (Å²) in [7, 11) is 1.51. The van der Waals surface area contributed by atoms with Crippen LogP contribution in [0.3, 0.4) is 0 Å². The first-order chi connectivity index (χ1) is 20.0. The second kappa shape index (κ2) is 11.4. The molecular formula is C31H40N4O7S. The van der Waals surface area contributed by atoms with E-state index in [0.717, 1.165) is 10.4 Å². The number of carbonyl (C=O) groups is 3. The molecule has 1 fully saturated rings. The molecule has 11 nitrogen and oxygen atoms in total. The first kappa shape index (κ1) is 32.2. The summed E-state index contributed by atoms with van der Waals surface area (Å²) in [5, 5.41) is 26.1. The largest absolute Gasteiger partial charge is 0.496 e. The van der Waals surface area contributed by atoms with Gasteiger partial charge in [-0.25, -0.2) is 9.78 Å². The summed E-state index contributed by atoms with van der Waals surface area (Å²) in [5.41, 5.74) is -4.10. The molecule has 1 saturated heterocycles. The number of aliphatic hydroxyl groups excluding tert-OH is 1. The fraction of sp³-hybridized carbons (Fsp3) is 0.516. The lowest BCUT2D eigenvalue weighted by Gasteiger charge is -2.40. The molecule has 0 aliphatic carbocycles. The maximum absolute atomic E-state index is 14.8. The Kier molecular flexibility index (Phi) is 8.51. The van der Waals surface area contributed by atoms with Crippen LogP contribution in [0.4, 0.5) is 0 Å². The van der Waals surface area contributed by atoms with E-state index in [4.69, 9.17) is 9.47 Å². The normalized spacial score (nSPS) is 22.4. The molecule has 0 unspecified atom stereocenters. The van der Waals surface area contributed by atoms with Crippen molar-refractivity contribution in [3.05, 3.63) is 63.9 Å². The van der Waals surface area contributed by atoms with E-state index in [-0.39, 0.29) is 22.5 Å². The van der Waals surface area contributed by atoms with Crippen LogP contribution in [0.15, 0.2) is 42.9 Å². The van der Waals surface area contributed by atoms with Gasteiger partial charge >= 0.3 is 11.9 Å². The van der Waals surface area contributed by atoms with E-state index in [1.54, 1.807) is 57.4 Å². The van der Waals surface area contributed by atoms with Gasteiger partial charge in [0, 0.05) is 35.5 Å². The summed E-state index contributed by atoms with van der Waals surface area (Å²) in [5.74, 6) is -2.33. The summed E-state index contributed by atoms with van der Waals surface area (Å²) in [6, 6.07) is 5.39. The number of esters is 1. The number of aryl methyl sites for hydroxylation is 1. The molecule has 4 rings (SSSR count). The molecule has 0 saturated carbocycles. The molecule has 3 atom stereocenters. The Bertz CT molecular complexity index is 1500. The fourth-order valence-electron chi connectivity index (χ4n) is 5.74. The second-order valence-corrected chi connectivity index (χ2v) is 14.4. The predicted octanol–water partition coefficient (Wildman–Crippen LogP) is 4.39. The van der Waals surface area contributed by atoms with E-state index in [1.807, 2.05) is 27.7 Å². The highest BCUT2D eigenvalue weighted by atomic mass is 32.1. The van der Waals surface area contributed by atoms with E-state index < -0.39 is 53.5 Å². The SMILES string of the molecule is COc1cc(C(=O)N2[C@@H](c3ncc(C)s3)[C@@](CO)(C(=O)O)C[C@@]2(Cn2cccn2)C(=O)OC(C)(C)C)ccc1C(C)(C)C. The van der Waals surface area contributed by atoms with Gasteiger partial charge in [0.1, 0.15) is 27.8 Å². The van der Waals surface area contributed by atoms with Crippen LogP contribution in [-0.4, -0.2) is 72.6 Å². The third kappa shape index (κ3) is 5.90. The van der Waals surface area contributed by atoms with Gasteiger partial charge in [-0.15, -0.1) is 11.3 Å². The van der Waals surface area contributed by atoms with Crippen LogP contribution in [0.5, 0.6) is 5.75 Å². The fourth-order valence-corrected chi connectivity index (χ4v) is 6.73. The van der Waals surface area contributed by atoms with Gasteiger partial charge < -0.3 is 24.6 Å². The zero-order valence-electron chi connectivity index (χ0n) is 25.9. The molecule has 43 heavy (non-hydrogen) atoms. The van der Waals surface area contributed by atoms with Gasteiger partial charge in [0.25, 0.3) is 5.91 Å². The van der Waals surface area contributed by atoms with Gasteiger partial charge in [0.15, 0.2) is 5.54 Å². The second-order valence-electron chi connectivity index (χ2n) is 13.1. The monoisotopic (exact) mass is 612 g/mol. The minimum absolute atomic E-state index is 0.177. The lowest BCUT2D eigenvalue weighted by molar-refractivity contribution is -0.168. The van der Waals surface area contributed by atoms with Crippen molar-refractivity contribution in [2.24, 2.45) is 5.41 Å². The Balaban J connectivity index is 2.05. The number of likely N-dealkylation sites (tertiary alicyclic amines) is 1. The minimum atomic E-state index is -1.99. The molecule has 1 aliphatic rings. The zero-order chi connectivity index (χ0) is 32.0. The molecule has 2 aromatic heterocycles. The van der Waals surface area contributed by atoms with Crippen molar-refractivity contribution in [1.29, 1.82) is 0 Å². The average Bonchev–Trinajstić information content (AvgIpc) is 3.65. The van der Waals surface area contributed by atoms with Crippen molar-refractivity contribution in [3.8, 4) is 5.75 Å². The standard InChI is InChI=1S/C31H40N4O7S/c1-19-15-32-24(43-19)23-30(18-36,26(38)39)16-31(17-34-13-9-12-33-34,27(40)42-29(5,6)7)35(23)25(37)20-10-11-21(28(2,3)4)22(14-20)41-8/h9-15,23,36H,16-18H2,1-8H3,(H,38,39)/t23-,30+,31+/m0/s1. The third-order valence-corrected chi connectivity index (χ3v) is 8.63. The molecule has 232 valence electrons. The number of carboxylic acid groups (broad SMARTS) is 1. The molecule has 2 N–H and O–H groups in total. The Morgan fingerprint density at radius 3 is 2.35 bits per heavy atom. The van der Waals surface area contributed by atoms with E-state index in [1.165, 1.54) is 34.2 Å². The molecule has 1 aromatic carbocycles. The van der Waals surface area contributed by atoms with E-state index in [2.05, 4.69) is 10.1 Å². The number of aliphatic carboxylic acids is 1. The van der Waals surface area contributed by atoms with Crippen molar-refractivity contribution in [3.63, 3.8) is 0 Å². The lowest BCUT2D eigenvalue weighted by Crippen LogP contribution is -2.58. The number of nitrogens with zero attached hydrogens (tertiary/aromatic N) is 4. The number of hydrogen-bond acceptors (Lipinski definition) is 9. The summed E-state index contributed by atoms with van der Waals surface area (Å²) >= 11 is 1.20. The molecule has 1 amide bonds. The lowest BCUT2D eigenvalue weighted by atomic mass is 9.77. The van der Waals surface area contributed by atoms with Crippen LogP contribution in [-0.2, 0) is 26.3 Å². The third-order valence-electron chi connectivity index (χ3n) is 7.67. The quantitative estimate of drug-likeness (QED) is 0.354. The molecule has 3 aromatic rings. The maximum atomic E-state index is 14.8. The number of rotatable bonds is 8. The number of methoxy groups -OCH3 is 1. The number of amides is 1. The Hall–Kier alpha value is -3.77. The first-order valence-electron chi connectivity index (χ1n) is 14.0. The number of aromatic nitrogens is 3. The Labute approximate surface area is 255 Å². The molecule has 0 bridgehead atoms. The minimum Gasteiger partial charge on any atom is -0.496 e. The van der Waals surface area contributed by atoms with E-state index in [0.29, 0.717) is 5.75 Å². The van der Waals surface area contributed by atoms with Crippen molar-refractivity contribution < 1.29 is 34.1 Å². The van der Waals surface area contributed by atoms with Crippen LogP contribution < -0.4 is 4.74 Å². The van der Waals surface area contributed by atoms with Crippen LogP contribution in [0.1, 0.15) is 79.8 Å². The molecule has 1 aliphatic heterocycles. The molecule has 0 spiro atoms. The van der Waals surface area contributed by atoms with Gasteiger partial charge in [-0.3, -0.25) is 14.3 Å². The van der Waals surface area contributed by atoms with Crippen molar-refractivity contribution in [2.45, 2.75) is 84.0 Å². The Morgan fingerprint density at radius 1 is 1.16 bits per heavy atom. The van der Waals surface area contributed by atoms with Gasteiger partial charge in [0.2, 0.25) is 0 Å². The molecule has 0 radical (unpaired) electrons. The Morgan fingerprint density at radius 2 is 1.86 bits per heavy atom. The summed E-state index contributed by atoms with van der Waals surface area (Å²) in [6.45, 7) is 11.9. The average molecular weight is 613 g/mol. The predicted molar refractivity (Wildman–Crippen MR) is 160 cm³/mol. The number of hydrogen-bond donors (Lipinski definition) is 2. The number of benzene rings is 1. The maximum Gasteiger partial charge on any atom is 0.334 e. The topological polar surface area (TPSA) is 144 Å². The van der Waals surface area contributed by atoms with Gasteiger partial charge in [-0.2, -0.15) is 5.10 Å². The van der Waals surface area contributed by atoms with Crippen molar-refractivity contribution in [1.82, 2.24) is 19.7 Å². The van der Waals surface area contributed by atoms with Crippen LogP contribution >= 0.6 is 11.3 Å². The highest BCUT2D eigenvalue weighted by Gasteiger charge is 2.70. The summed E-state index contributed by atoms with van der Waals surface area (Å²) < 4.78 is 13.1. The molecule has 12 heteroatoms. The number of thiazole rings is 1. The van der Waals surface area contributed by atoms with Crippen molar-refractivity contribution in [2.75, 3.05) is 13.7 Å². The van der Waals surface area contributed by atoms with Gasteiger partial charge in [-0.05, 0) is 56.9 Å². The molecular weight excluding hydrogens is 572 g/mol. The summed E-state index contributed by atoms with van der Waals surface area (Å²) in [4.78, 5) is 48.9. The van der Waals surface area contributed by atoms with E-state index in [9.17, 15) is 24.6 Å². The summed E-state index contributed by atoms with van der Waals surface area (Å²) in [6.07, 6.45) is 4.29. The van der Waals surface area contributed by atoms with Crippen LogP contribution in [0, 0.1) is 12.3 Å². The first-order valence-corrected chi connectivity index (χ1v) is 14.8. The number of carbonyl (C=O) groups excluding carboxylic acids is 2. The highest BCUT2D eigenvalue weighted by Crippen LogP contribution is 2.57. The van der Waals surface area contributed by atoms with Gasteiger partial charge in [0.05, 0.1) is 20.3 Å². The van der Waals surface area contributed by atoms with E-state index >= 15 is 0 Å². The van der Waals surface area contributed by atoms with Crippen molar-refractivity contribution >= 4 is 29.2 Å². The van der Waals surface area contributed by atoms with Crippen LogP contribution in [0.25, 0.3) is 0 Å². The number of aliphatic hydroxyl groups is 1. The zero-order valence-corrected chi connectivity index (χ0v) is 26.7. The van der Waals surface area contributed by atoms with Gasteiger partial charge in [-0.1, -0.05) is 26.8 Å². The molecule has 3 heterocycles. The number of ether oxygens (including phenoxy) is 2. The smallest absolute Gasteiger partial charge is 0.334 e. The number of carboxylic acids is 1. The highest BCUT2D eigenvalue weighted by molar-refractivity contribution is 7.11.